The number of fused-ring (bicyclic) bond motifs is 1. The van der Waals surface area contributed by atoms with Crippen molar-refractivity contribution >= 4 is 22.9 Å². The van der Waals surface area contributed by atoms with Crippen molar-refractivity contribution in [3.8, 4) is 5.75 Å². The van der Waals surface area contributed by atoms with Gasteiger partial charge >= 0.3 is 0 Å². The highest BCUT2D eigenvalue weighted by Gasteiger charge is 2.07. The minimum Gasteiger partial charge on any atom is -0.484 e. The first-order chi connectivity index (χ1) is 11.6. The first kappa shape index (κ1) is 15.7. The summed E-state index contributed by atoms with van der Waals surface area (Å²) in [4.78, 5) is 28.5. The van der Waals surface area contributed by atoms with Gasteiger partial charge in [-0.05, 0) is 17.7 Å². The molecule has 0 aliphatic rings. The van der Waals surface area contributed by atoms with Crippen LogP contribution in [0.25, 0.3) is 11.2 Å². The molecule has 2 N–H and O–H groups in total. The van der Waals surface area contributed by atoms with E-state index in [2.05, 4.69) is 25.3 Å². The standard InChI is InChI=1S/C16H18N6O2/c1-22(2)13(23)8-24-12-5-3-4-11(6-12)7-17-15-14-16(19-9-18-14)21-10-20-15/h3-6,9-10H,7-8H2,1-2H3,(H2,17,18,19,20,21). The van der Waals surface area contributed by atoms with E-state index in [-0.39, 0.29) is 12.5 Å². The zero-order valence-electron chi connectivity index (χ0n) is 13.5. The number of aromatic amines is 1. The van der Waals surface area contributed by atoms with E-state index in [4.69, 9.17) is 4.74 Å². The Morgan fingerprint density at radius 1 is 1.29 bits per heavy atom. The number of nitrogens with zero attached hydrogens (tertiary/aromatic N) is 4. The van der Waals surface area contributed by atoms with Crippen LogP contribution in [0, 0.1) is 0 Å². The van der Waals surface area contributed by atoms with Crippen LogP contribution in [0.4, 0.5) is 5.82 Å². The van der Waals surface area contributed by atoms with E-state index < -0.39 is 0 Å². The second-order valence-corrected chi connectivity index (χ2v) is 5.40. The number of rotatable bonds is 6. The zero-order valence-corrected chi connectivity index (χ0v) is 13.5. The van der Waals surface area contributed by atoms with Gasteiger partial charge in [-0.25, -0.2) is 15.0 Å². The second kappa shape index (κ2) is 6.95. The number of hydrogen-bond donors (Lipinski definition) is 2. The van der Waals surface area contributed by atoms with Crippen molar-refractivity contribution < 1.29 is 9.53 Å². The molecule has 0 bridgehead atoms. The maximum atomic E-state index is 11.6. The molecular weight excluding hydrogens is 308 g/mol. The van der Waals surface area contributed by atoms with E-state index in [0.29, 0.717) is 23.8 Å². The number of aromatic nitrogens is 4. The van der Waals surface area contributed by atoms with Crippen LogP contribution in [0.3, 0.4) is 0 Å². The minimum absolute atomic E-state index is 0.0184. The Balaban J connectivity index is 1.64. The molecule has 8 nitrogen and oxygen atoms in total. The fourth-order valence-electron chi connectivity index (χ4n) is 2.10. The number of ether oxygens (including phenoxy) is 1. The highest BCUT2D eigenvalue weighted by molar-refractivity contribution is 5.81. The number of carbonyl (C=O) groups excluding carboxylic acids is 1. The summed E-state index contributed by atoms with van der Waals surface area (Å²) >= 11 is 0. The van der Waals surface area contributed by atoms with E-state index in [1.165, 1.54) is 11.2 Å². The van der Waals surface area contributed by atoms with Crippen LogP contribution < -0.4 is 10.1 Å². The lowest BCUT2D eigenvalue weighted by molar-refractivity contribution is -0.130. The molecule has 0 atom stereocenters. The Bertz CT molecular complexity index is 845. The first-order valence-corrected chi connectivity index (χ1v) is 7.43. The summed E-state index contributed by atoms with van der Waals surface area (Å²) in [6, 6.07) is 7.57. The monoisotopic (exact) mass is 326 g/mol. The van der Waals surface area contributed by atoms with Crippen molar-refractivity contribution in [2.75, 3.05) is 26.0 Å². The van der Waals surface area contributed by atoms with E-state index >= 15 is 0 Å². The second-order valence-electron chi connectivity index (χ2n) is 5.40. The molecule has 0 aliphatic carbocycles. The molecule has 1 amide bonds. The number of likely N-dealkylation sites (N-methyl/N-ethyl adjacent to an activating group) is 1. The molecule has 0 aliphatic heterocycles. The number of imidazole rings is 1. The van der Waals surface area contributed by atoms with Gasteiger partial charge in [0.15, 0.2) is 18.1 Å². The van der Waals surface area contributed by atoms with E-state index in [1.54, 1.807) is 20.4 Å². The molecule has 0 spiro atoms. The Morgan fingerprint density at radius 2 is 2.17 bits per heavy atom. The largest absolute Gasteiger partial charge is 0.484 e. The van der Waals surface area contributed by atoms with Crippen LogP contribution in [0.2, 0.25) is 0 Å². The van der Waals surface area contributed by atoms with Crippen molar-refractivity contribution in [3.63, 3.8) is 0 Å². The van der Waals surface area contributed by atoms with Crippen molar-refractivity contribution in [1.29, 1.82) is 0 Å². The lowest BCUT2D eigenvalue weighted by Crippen LogP contribution is -2.27. The molecule has 8 heteroatoms. The Hall–Kier alpha value is -3.16. The summed E-state index contributed by atoms with van der Waals surface area (Å²) < 4.78 is 5.52. The highest BCUT2D eigenvalue weighted by Crippen LogP contribution is 2.17. The zero-order chi connectivity index (χ0) is 16.9. The number of anilines is 1. The number of hydrogen-bond acceptors (Lipinski definition) is 6. The SMILES string of the molecule is CN(C)C(=O)COc1cccc(CNc2ncnc3nc[nH]c23)c1. The number of amides is 1. The normalized spacial score (nSPS) is 10.6. The molecule has 0 saturated carbocycles. The van der Waals surface area contributed by atoms with Crippen molar-refractivity contribution in [2.24, 2.45) is 0 Å². The first-order valence-electron chi connectivity index (χ1n) is 7.43. The maximum absolute atomic E-state index is 11.6. The molecule has 3 rings (SSSR count). The molecule has 124 valence electrons. The van der Waals surface area contributed by atoms with Gasteiger partial charge in [0.1, 0.15) is 17.6 Å². The van der Waals surface area contributed by atoms with Crippen LogP contribution in [0.15, 0.2) is 36.9 Å². The van der Waals surface area contributed by atoms with E-state index in [0.717, 1.165) is 11.1 Å². The average Bonchev–Trinajstić information content (AvgIpc) is 3.07. The Labute approximate surface area is 138 Å². The summed E-state index contributed by atoms with van der Waals surface area (Å²) in [6.45, 7) is 0.578. The van der Waals surface area contributed by atoms with E-state index in [9.17, 15) is 4.79 Å². The fraction of sp³-hybridized carbons (Fsp3) is 0.250. The van der Waals surface area contributed by atoms with Crippen molar-refractivity contribution in [3.05, 3.63) is 42.5 Å². The van der Waals surface area contributed by atoms with Gasteiger partial charge in [0.2, 0.25) is 0 Å². The average molecular weight is 326 g/mol. The third-order valence-corrected chi connectivity index (χ3v) is 3.44. The molecule has 24 heavy (non-hydrogen) atoms. The van der Waals surface area contributed by atoms with Crippen molar-refractivity contribution in [1.82, 2.24) is 24.8 Å². The fourth-order valence-corrected chi connectivity index (χ4v) is 2.10. The Kier molecular flexibility index (Phi) is 4.55. The summed E-state index contributed by atoms with van der Waals surface area (Å²) in [6.07, 6.45) is 3.05. The van der Waals surface area contributed by atoms with Crippen molar-refractivity contribution in [2.45, 2.75) is 6.54 Å². The number of nitrogens with one attached hydrogen (secondary N) is 2. The predicted molar refractivity (Wildman–Crippen MR) is 89.6 cm³/mol. The highest BCUT2D eigenvalue weighted by atomic mass is 16.5. The third kappa shape index (κ3) is 3.60. The van der Waals surface area contributed by atoms with Gasteiger partial charge in [-0.2, -0.15) is 0 Å². The number of benzene rings is 1. The quantitative estimate of drug-likeness (QED) is 0.711. The van der Waals surface area contributed by atoms with Crippen LogP contribution in [-0.4, -0.2) is 51.4 Å². The Morgan fingerprint density at radius 3 is 3.00 bits per heavy atom. The van der Waals surface area contributed by atoms with Gasteiger partial charge in [-0.15, -0.1) is 0 Å². The van der Waals surface area contributed by atoms with Gasteiger partial charge in [0, 0.05) is 20.6 Å². The van der Waals surface area contributed by atoms with Crippen LogP contribution in [-0.2, 0) is 11.3 Å². The third-order valence-electron chi connectivity index (χ3n) is 3.44. The van der Waals surface area contributed by atoms with Gasteiger partial charge in [0.05, 0.1) is 6.33 Å². The molecule has 0 fully saturated rings. The molecule has 0 unspecified atom stereocenters. The summed E-state index contributed by atoms with van der Waals surface area (Å²) in [5, 5.41) is 3.25. The summed E-state index contributed by atoms with van der Waals surface area (Å²) in [5.41, 5.74) is 2.39. The number of carbonyl (C=O) groups is 1. The molecular formula is C16H18N6O2. The van der Waals surface area contributed by atoms with E-state index in [1.807, 2.05) is 24.3 Å². The molecule has 1 aromatic carbocycles. The molecule has 0 saturated heterocycles. The molecule has 2 heterocycles. The summed E-state index contributed by atoms with van der Waals surface area (Å²) in [7, 11) is 3.40. The van der Waals surface area contributed by atoms with Gasteiger partial charge in [-0.3, -0.25) is 4.79 Å². The minimum atomic E-state index is -0.0823. The molecule has 0 radical (unpaired) electrons. The van der Waals surface area contributed by atoms with Crippen LogP contribution >= 0.6 is 0 Å². The maximum Gasteiger partial charge on any atom is 0.259 e. The van der Waals surface area contributed by atoms with Gasteiger partial charge in [-0.1, -0.05) is 12.1 Å². The smallest absolute Gasteiger partial charge is 0.259 e. The lowest BCUT2D eigenvalue weighted by Gasteiger charge is -2.12. The predicted octanol–water partition coefficient (Wildman–Crippen LogP) is 1.43. The summed E-state index contributed by atoms with van der Waals surface area (Å²) in [5.74, 6) is 1.26. The molecule has 2 aromatic heterocycles. The van der Waals surface area contributed by atoms with Crippen LogP contribution in [0.1, 0.15) is 5.56 Å². The number of H-pyrrole nitrogens is 1. The van der Waals surface area contributed by atoms with Gasteiger partial charge < -0.3 is 19.9 Å². The van der Waals surface area contributed by atoms with Gasteiger partial charge in [0.25, 0.3) is 5.91 Å². The topological polar surface area (TPSA) is 96.0 Å². The lowest BCUT2D eigenvalue weighted by atomic mass is 10.2. The van der Waals surface area contributed by atoms with Crippen LogP contribution in [0.5, 0.6) is 5.75 Å². The molecule has 3 aromatic rings.